The molecule has 4 heteroatoms. The Morgan fingerprint density at radius 1 is 1.45 bits per heavy atom. The lowest BCUT2D eigenvalue weighted by Gasteiger charge is -2.53. The third-order valence-electron chi connectivity index (χ3n) is 3.71. The molecule has 3 aliphatic rings. The topological polar surface area (TPSA) is 46.2 Å². The molecule has 1 spiro atoms. The summed E-state index contributed by atoms with van der Waals surface area (Å²) in [6, 6.07) is 0.311. The van der Waals surface area contributed by atoms with Gasteiger partial charge >= 0.3 is 0 Å². The maximum Gasteiger partial charge on any atom is 0.158 e. The molecule has 0 radical (unpaired) electrons. The molecule has 1 saturated carbocycles. The fourth-order valence-corrected chi connectivity index (χ4v) is 5.64. The summed E-state index contributed by atoms with van der Waals surface area (Å²) < 4.78 is 22.6. The molecule has 0 aromatic rings. The fourth-order valence-electron chi connectivity index (χ4n) is 2.94. The molecule has 0 unspecified atom stereocenters. The second kappa shape index (κ2) is 1.50. The minimum absolute atomic E-state index is 0.271. The van der Waals surface area contributed by atoms with Crippen LogP contribution in [0.1, 0.15) is 12.8 Å². The quantitative estimate of drug-likeness (QED) is 0.539. The first-order valence-electron chi connectivity index (χ1n) is 4.12. The SMILES string of the molecule is O=S1(=O)C[C@@H]2CN[C@H]3CC[C@@]231. The standard InChI is InChI=1S/C7H11NO2S/c9-11(10)4-5-3-8-6-1-2-7(5,6)11/h5-6,8H,1-4H2/t5-,6-,7+/m0/s1. The summed E-state index contributed by atoms with van der Waals surface area (Å²) >= 11 is 0. The van der Waals surface area contributed by atoms with E-state index in [1.54, 1.807) is 0 Å². The summed E-state index contributed by atoms with van der Waals surface area (Å²) in [6.07, 6.45) is 1.98. The molecule has 11 heavy (non-hydrogen) atoms. The van der Waals surface area contributed by atoms with Crippen LogP contribution in [0.5, 0.6) is 0 Å². The highest BCUT2D eigenvalue weighted by atomic mass is 32.2. The average Bonchev–Trinajstić information content (AvgIpc) is 2.00. The van der Waals surface area contributed by atoms with Crippen LogP contribution in [0.3, 0.4) is 0 Å². The monoisotopic (exact) mass is 173 g/mol. The van der Waals surface area contributed by atoms with E-state index in [4.69, 9.17) is 0 Å². The van der Waals surface area contributed by atoms with Gasteiger partial charge in [0.15, 0.2) is 9.84 Å². The minimum Gasteiger partial charge on any atom is -0.312 e. The van der Waals surface area contributed by atoms with Gasteiger partial charge in [-0.1, -0.05) is 0 Å². The van der Waals surface area contributed by atoms with Crippen molar-refractivity contribution < 1.29 is 8.42 Å². The Labute approximate surface area is 66.1 Å². The van der Waals surface area contributed by atoms with Gasteiger partial charge in [0.05, 0.1) is 10.5 Å². The van der Waals surface area contributed by atoms with Crippen molar-refractivity contribution in [1.29, 1.82) is 0 Å². The van der Waals surface area contributed by atoms with Gasteiger partial charge in [0.25, 0.3) is 0 Å². The van der Waals surface area contributed by atoms with E-state index in [1.807, 2.05) is 0 Å². The zero-order valence-corrected chi connectivity index (χ0v) is 7.02. The number of rotatable bonds is 0. The summed E-state index contributed by atoms with van der Waals surface area (Å²) in [4.78, 5) is 0. The van der Waals surface area contributed by atoms with Gasteiger partial charge in [0, 0.05) is 18.5 Å². The highest BCUT2D eigenvalue weighted by molar-refractivity contribution is 7.94. The number of hydrogen-bond donors (Lipinski definition) is 1. The van der Waals surface area contributed by atoms with Crippen molar-refractivity contribution in [3.8, 4) is 0 Å². The summed E-state index contributed by atoms with van der Waals surface area (Å²) in [7, 11) is -2.68. The van der Waals surface area contributed by atoms with E-state index < -0.39 is 9.84 Å². The van der Waals surface area contributed by atoms with Crippen LogP contribution in [0.2, 0.25) is 0 Å². The van der Waals surface area contributed by atoms with E-state index in [1.165, 1.54) is 0 Å². The molecule has 3 nitrogen and oxygen atoms in total. The third-order valence-corrected chi connectivity index (χ3v) is 6.54. The lowest BCUT2D eigenvalue weighted by molar-refractivity contribution is 0.233. The van der Waals surface area contributed by atoms with Crippen molar-refractivity contribution in [2.75, 3.05) is 12.3 Å². The molecule has 2 heterocycles. The number of sulfone groups is 1. The van der Waals surface area contributed by atoms with Gasteiger partial charge in [-0.2, -0.15) is 0 Å². The molecule has 0 aromatic heterocycles. The van der Waals surface area contributed by atoms with Gasteiger partial charge < -0.3 is 5.32 Å². The molecule has 62 valence electrons. The van der Waals surface area contributed by atoms with E-state index in [0.717, 1.165) is 19.4 Å². The second-order valence-corrected chi connectivity index (χ2v) is 6.26. The molecule has 0 amide bonds. The summed E-state index contributed by atoms with van der Waals surface area (Å²) in [6.45, 7) is 0.934. The highest BCUT2D eigenvalue weighted by Crippen LogP contribution is 2.56. The van der Waals surface area contributed by atoms with Crippen LogP contribution < -0.4 is 5.32 Å². The molecular weight excluding hydrogens is 162 g/mol. The van der Waals surface area contributed by atoms with Gasteiger partial charge in [0.2, 0.25) is 0 Å². The van der Waals surface area contributed by atoms with Crippen molar-refractivity contribution in [1.82, 2.24) is 5.32 Å². The first kappa shape index (κ1) is 6.43. The maximum absolute atomic E-state index is 11.4. The molecule has 2 saturated heterocycles. The van der Waals surface area contributed by atoms with Crippen molar-refractivity contribution in [3.05, 3.63) is 0 Å². The first-order chi connectivity index (χ1) is 5.17. The van der Waals surface area contributed by atoms with Gasteiger partial charge in [-0.05, 0) is 12.8 Å². The Morgan fingerprint density at radius 2 is 2.27 bits per heavy atom. The first-order valence-corrected chi connectivity index (χ1v) is 5.78. The van der Waals surface area contributed by atoms with Crippen molar-refractivity contribution in [2.24, 2.45) is 5.92 Å². The Bertz CT molecular complexity index is 302. The maximum atomic E-state index is 11.4. The molecule has 0 aromatic carbocycles. The molecule has 2 aliphatic heterocycles. The Morgan fingerprint density at radius 3 is 2.64 bits per heavy atom. The highest BCUT2D eigenvalue weighted by Gasteiger charge is 2.71. The summed E-state index contributed by atoms with van der Waals surface area (Å²) in [5.74, 6) is 0.891. The van der Waals surface area contributed by atoms with Gasteiger partial charge in [0.1, 0.15) is 0 Å². The summed E-state index contributed by atoms with van der Waals surface area (Å²) in [5, 5.41) is 3.29. The van der Waals surface area contributed by atoms with Crippen LogP contribution in [0.15, 0.2) is 0 Å². The molecule has 3 rings (SSSR count). The number of nitrogens with one attached hydrogen (secondary N) is 1. The van der Waals surface area contributed by atoms with Crippen molar-refractivity contribution in [3.63, 3.8) is 0 Å². The van der Waals surface area contributed by atoms with E-state index in [9.17, 15) is 8.42 Å². The van der Waals surface area contributed by atoms with Gasteiger partial charge in [-0.3, -0.25) is 0 Å². The molecular formula is C7H11NO2S. The van der Waals surface area contributed by atoms with Crippen LogP contribution in [0.4, 0.5) is 0 Å². The van der Waals surface area contributed by atoms with Crippen LogP contribution in [0.25, 0.3) is 0 Å². The van der Waals surface area contributed by atoms with E-state index >= 15 is 0 Å². The van der Waals surface area contributed by atoms with Crippen molar-refractivity contribution in [2.45, 2.75) is 23.6 Å². The second-order valence-electron chi connectivity index (χ2n) is 3.93. The summed E-state index contributed by atoms with van der Waals surface area (Å²) in [5.41, 5.74) is 0. The molecule has 1 aliphatic carbocycles. The van der Waals surface area contributed by atoms with Gasteiger partial charge in [-0.15, -0.1) is 0 Å². The Kier molecular flexibility index (Phi) is 0.876. The molecule has 0 bridgehead atoms. The smallest absolute Gasteiger partial charge is 0.158 e. The lowest BCUT2D eigenvalue weighted by atomic mass is 9.74. The number of hydrogen-bond acceptors (Lipinski definition) is 3. The largest absolute Gasteiger partial charge is 0.312 e. The Hall–Kier alpha value is -0.0900. The molecule has 1 N–H and O–H groups in total. The predicted molar refractivity (Wildman–Crippen MR) is 41.0 cm³/mol. The molecule has 3 atom stereocenters. The zero-order chi connectivity index (χ0) is 7.69. The molecule has 3 fully saturated rings. The van der Waals surface area contributed by atoms with E-state index in [0.29, 0.717) is 17.7 Å². The minimum atomic E-state index is -2.68. The van der Waals surface area contributed by atoms with Crippen LogP contribution in [0, 0.1) is 5.92 Å². The van der Waals surface area contributed by atoms with E-state index in [2.05, 4.69) is 5.32 Å². The predicted octanol–water partition coefficient (Wildman–Crippen LogP) is -0.465. The average molecular weight is 173 g/mol. The zero-order valence-electron chi connectivity index (χ0n) is 6.21. The normalized spacial score (nSPS) is 57.1. The fraction of sp³-hybridized carbons (Fsp3) is 1.00. The lowest BCUT2D eigenvalue weighted by Crippen LogP contribution is -2.68. The van der Waals surface area contributed by atoms with E-state index in [-0.39, 0.29) is 4.75 Å². The van der Waals surface area contributed by atoms with Crippen LogP contribution >= 0.6 is 0 Å². The van der Waals surface area contributed by atoms with Crippen molar-refractivity contribution >= 4 is 9.84 Å². The Balaban J connectivity index is 2.13. The van der Waals surface area contributed by atoms with Crippen LogP contribution in [-0.2, 0) is 9.84 Å². The third kappa shape index (κ3) is 0.455. The van der Waals surface area contributed by atoms with Gasteiger partial charge in [-0.25, -0.2) is 8.42 Å². The van der Waals surface area contributed by atoms with Crippen LogP contribution in [-0.4, -0.2) is 31.5 Å².